The van der Waals surface area contributed by atoms with Crippen LogP contribution in [0.25, 0.3) is 0 Å². The van der Waals surface area contributed by atoms with Gasteiger partial charge in [0, 0.05) is 37.9 Å². The zero-order valence-corrected chi connectivity index (χ0v) is 17.9. The molecule has 26 heavy (non-hydrogen) atoms. The van der Waals surface area contributed by atoms with Crippen molar-refractivity contribution >= 4 is 21.2 Å². The molecule has 146 valence electrons. The van der Waals surface area contributed by atoms with Crippen molar-refractivity contribution in [3.63, 3.8) is 0 Å². The van der Waals surface area contributed by atoms with Crippen LogP contribution in [-0.4, -0.2) is 54.9 Å². The maximum Gasteiger partial charge on any atom is 0.227 e. The number of imidazole rings is 1. The highest BCUT2D eigenvalue weighted by Crippen LogP contribution is 2.27. The van der Waals surface area contributed by atoms with Crippen LogP contribution >= 0.6 is 11.3 Å². The molecule has 0 bridgehead atoms. The second-order valence-corrected chi connectivity index (χ2v) is 9.88. The molecule has 2 heterocycles. The smallest absolute Gasteiger partial charge is 0.227 e. The largest absolute Gasteiger partial charge is 0.385 e. The van der Waals surface area contributed by atoms with Crippen molar-refractivity contribution in [2.45, 2.75) is 51.5 Å². The highest BCUT2D eigenvalue weighted by Gasteiger charge is 2.22. The van der Waals surface area contributed by atoms with Crippen LogP contribution in [0.3, 0.4) is 0 Å². The van der Waals surface area contributed by atoms with Gasteiger partial charge >= 0.3 is 0 Å². The summed E-state index contributed by atoms with van der Waals surface area (Å²) in [5, 5.41) is 1.17. The second kappa shape index (κ2) is 8.60. The van der Waals surface area contributed by atoms with Gasteiger partial charge in [-0.15, -0.1) is 11.3 Å². The lowest BCUT2D eigenvalue weighted by atomic mass is 10.2. The topological polar surface area (TPSA) is 77.3 Å². The highest BCUT2D eigenvalue weighted by atomic mass is 32.2. The zero-order valence-electron chi connectivity index (χ0n) is 16.3. The lowest BCUT2D eigenvalue weighted by Crippen LogP contribution is -2.25. The monoisotopic (exact) mass is 400 g/mol. The Bertz CT molecular complexity index is 842. The molecule has 0 saturated heterocycles. The fourth-order valence-corrected chi connectivity index (χ4v) is 4.72. The summed E-state index contributed by atoms with van der Waals surface area (Å²) in [5.41, 5.74) is 1.95. The van der Waals surface area contributed by atoms with E-state index < -0.39 is 9.84 Å². The third kappa shape index (κ3) is 4.91. The van der Waals surface area contributed by atoms with E-state index >= 15 is 0 Å². The molecule has 0 aliphatic heterocycles. The minimum absolute atomic E-state index is 0.116. The molecule has 2 aromatic rings. The van der Waals surface area contributed by atoms with E-state index in [2.05, 4.69) is 28.7 Å². The number of hydrogen-bond donors (Lipinski definition) is 0. The molecule has 7 nitrogen and oxygen atoms in total. The van der Waals surface area contributed by atoms with Gasteiger partial charge in [-0.05, 0) is 34.2 Å². The number of rotatable bonds is 9. The van der Waals surface area contributed by atoms with E-state index in [1.54, 1.807) is 29.2 Å². The first-order valence-electron chi connectivity index (χ1n) is 8.52. The van der Waals surface area contributed by atoms with E-state index in [-0.39, 0.29) is 11.2 Å². The van der Waals surface area contributed by atoms with Gasteiger partial charge in [-0.1, -0.05) is 0 Å². The van der Waals surface area contributed by atoms with Crippen LogP contribution in [0.4, 0.5) is 0 Å². The van der Waals surface area contributed by atoms with Gasteiger partial charge < -0.3 is 9.30 Å². The van der Waals surface area contributed by atoms with Gasteiger partial charge in [-0.2, -0.15) is 0 Å². The molecule has 0 aliphatic carbocycles. The zero-order chi connectivity index (χ0) is 19.5. The molecule has 9 heteroatoms. The van der Waals surface area contributed by atoms with Crippen LogP contribution in [0.1, 0.15) is 40.7 Å². The molecule has 0 N–H and O–H groups in total. The van der Waals surface area contributed by atoms with Crippen LogP contribution in [0.15, 0.2) is 11.4 Å². The Morgan fingerprint density at radius 2 is 2.08 bits per heavy atom. The summed E-state index contributed by atoms with van der Waals surface area (Å²) in [6.45, 7) is 7.93. The summed E-state index contributed by atoms with van der Waals surface area (Å²) in [7, 11) is 0.279. The standard InChI is InChI=1S/C17H28N4O3S2/c1-12(16-13(2)25-14(3)19-16)20(4)11-15-10-18-17(26(6,22)23)21(15)8-7-9-24-5/h10,12H,7-9,11H2,1-6H3. The van der Waals surface area contributed by atoms with Crippen molar-refractivity contribution in [1.82, 2.24) is 19.4 Å². The van der Waals surface area contributed by atoms with Gasteiger partial charge in [0.1, 0.15) is 0 Å². The van der Waals surface area contributed by atoms with Crippen molar-refractivity contribution < 1.29 is 13.2 Å². The number of sulfone groups is 1. The summed E-state index contributed by atoms with van der Waals surface area (Å²) >= 11 is 1.70. The number of hydrogen-bond acceptors (Lipinski definition) is 7. The summed E-state index contributed by atoms with van der Waals surface area (Å²) in [6, 6.07) is 0.129. The second-order valence-electron chi connectivity index (χ2n) is 6.57. The first kappa shape index (κ1) is 21.0. The molecule has 2 rings (SSSR count). The molecule has 0 aliphatic rings. The molecular formula is C17H28N4O3S2. The van der Waals surface area contributed by atoms with Gasteiger partial charge in [0.2, 0.25) is 15.0 Å². The molecule has 0 amide bonds. The van der Waals surface area contributed by atoms with E-state index in [4.69, 9.17) is 4.74 Å². The minimum Gasteiger partial charge on any atom is -0.385 e. The Balaban J connectivity index is 2.24. The van der Waals surface area contributed by atoms with Gasteiger partial charge in [-0.3, -0.25) is 4.90 Å². The maximum absolute atomic E-state index is 12.1. The van der Waals surface area contributed by atoms with E-state index in [0.29, 0.717) is 19.7 Å². The maximum atomic E-state index is 12.1. The number of methoxy groups -OCH3 is 1. The highest BCUT2D eigenvalue weighted by molar-refractivity contribution is 7.90. The van der Waals surface area contributed by atoms with E-state index in [1.165, 1.54) is 11.1 Å². The van der Waals surface area contributed by atoms with Gasteiger partial charge in [0.05, 0.1) is 28.6 Å². The fraction of sp³-hybridized carbons (Fsp3) is 0.647. The van der Waals surface area contributed by atoms with Gasteiger partial charge in [0.25, 0.3) is 0 Å². The first-order valence-corrected chi connectivity index (χ1v) is 11.2. The van der Waals surface area contributed by atoms with Gasteiger partial charge in [0.15, 0.2) is 0 Å². The predicted octanol–water partition coefficient (Wildman–Crippen LogP) is 2.59. The normalized spacial score (nSPS) is 13.5. The molecular weight excluding hydrogens is 372 g/mol. The molecule has 0 radical (unpaired) electrons. The van der Waals surface area contributed by atoms with Crippen molar-refractivity contribution in [2.75, 3.05) is 27.0 Å². The lowest BCUT2D eigenvalue weighted by Gasteiger charge is -2.24. The van der Waals surface area contributed by atoms with Crippen molar-refractivity contribution in [3.05, 3.63) is 27.5 Å². The molecule has 1 unspecified atom stereocenters. The Hall–Kier alpha value is -1.29. The van der Waals surface area contributed by atoms with E-state index in [1.807, 2.05) is 14.0 Å². The average molecular weight is 401 g/mol. The van der Waals surface area contributed by atoms with Gasteiger partial charge in [-0.25, -0.2) is 18.4 Å². The first-order chi connectivity index (χ1) is 12.1. The molecule has 0 saturated carbocycles. The molecule has 1 atom stereocenters. The summed E-state index contributed by atoms with van der Waals surface area (Å²) in [4.78, 5) is 12.2. The number of ether oxygens (including phenoxy) is 1. The Labute approximate surface area is 160 Å². The Morgan fingerprint density at radius 1 is 1.38 bits per heavy atom. The molecule has 0 aromatic carbocycles. The van der Waals surface area contributed by atoms with Crippen molar-refractivity contribution in [1.29, 1.82) is 0 Å². The summed E-state index contributed by atoms with van der Waals surface area (Å²) < 4.78 is 31.0. The summed E-state index contributed by atoms with van der Waals surface area (Å²) in [6.07, 6.45) is 3.58. The Kier molecular flexibility index (Phi) is 6.95. The van der Waals surface area contributed by atoms with E-state index in [9.17, 15) is 8.42 Å². The van der Waals surface area contributed by atoms with Crippen LogP contribution < -0.4 is 0 Å². The molecule has 0 spiro atoms. The number of aryl methyl sites for hydroxylation is 2. The number of aromatic nitrogens is 3. The Morgan fingerprint density at radius 3 is 2.62 bits per heavy atom. The SMILES string of the molecule is COCCCn1c(CN(C)C(C)c2nc(C)sc2C)cnc1S(C)(=O)=O. The molecule has 0 fully saturated rings. The summed E-state index contributed by atoms with van der Waals surface area (Å²) in [5.74, 6) is 0. The number of nitrogens with zero attached hydrogens (tertiary/aromatic N) is 4. The third-order valence-corrected chi connectivity index (χ3v) is 6.26. The third-order valence-electron chi connectivity index (χ3n) is 4.37. The quantitative estimate of drug-likeness (QED) is 0.602. The van der Waals surface area contributed by atoms with E-state index in [0.717, 1.165) is 22.8 Å². The van der Waals surface area contributed by atoms with Crippen LogP contribution in [0.2, 0.25) is 0 Å². The number of thiazole rings is 1. The predicted molar refractivity (Wildman–Crippen MR) is 103 cm³/mol. The molecule has 2 aromatic heterocycles. The van der Waals surface area contributed by atoms with Crippen molar-refractivity contribution in [2.24, 2.45) is 0 Å². The minimum atomic E-state index is -3.38. The van der Waals surface area contributed by atoms with Crippen LogP contribution in [0, 0.1) is 13.8 Å². The average Bonchev–Trinajstić information content (AvgIpc) is 3.09. The van der Waals surface area contributed by atoms with Crippen molar-refractivity contribution in [3.8, 4) is 0 Å². The fourth-order valence-electron chi connectivity index (χ4n) is 2.95. The lowest BCUT2D eigenvalue weighted by molar-refractivity contribution is 0.187. The van der Waals surface area contributed by atoms with Crippen LogP contribution in [-0.2, 0) is 27.7 Å². The van der Waals surface area contributed by atoms with Crippen LogP contribution in [0.5, 0.6) is 0 Å².